The van der Waals surface area contributed by atoms with Gasteiger partial charge in [0.25, 0.3) is 0 Å². The fraction of sp³-hybridized carbons (Fsp3) is 0.406. The molecule has 4 N–H and O–H groups in total. The minimum atomic E-state index is -0.150. The van der Waals surface area contributed by atoms with Gasteiger partial charge in [-0.2, -0.15) is 0 Å². The van der Waals surface area contributed by atoms with Crippen LogP contribution in [0.4, 0.5) is 17.2 Å². The third-order valence-corrected chi connectivity index (χ3v) is 6.67. The Labute approximate surface area is 227 Å². The first-order valence-corrected chi connectivity index (χ1v) is 14.0. The zero-order valence-corrected chi connectivity index (χ0v) is 23.4. The quantitative estimate of drug-likeness (QED) is 0.154. The van der Waals surface area contributed by atoms with Crippen molar-refractivity contribution >= 4 is 45.8 Å². The number of aryl methyl sites for hydroxylation is 1. The summed E-state index contributed by atoms with van der Waals surface area (Å²) >= 11 is 0. The van der Waals surface area contributed by atoms with Gasteiger partial charge < -0.3 is 16.4 Å². The minimum Gasteiger partial charge on any atom is -0.351 e. The number of amides is 1. The van der Waals surface area contributed by atoms with Gasteiger partial charge >= 0.3 is 0 Å². The molecule has 0 bridgehead atoms. The number of nitrogens with zero attached hydrogens (tertiary/aromatic N) is 2. The monoisotopic (exact) mass is 513 g/mol. The smallest absolute Gasteiger partial charge is 0.244 e. The van der Waals surface area contributed by atoms with E-state index in [4.69, 9.17) is 15.7 Å². The van der Waals surface area contributed by atoms with Crippen molar-refractivity contribution in [3.8, 4) is 0 Å². The van der Waals surface area contributed by atoms with E-state index in [1.165, 1.54) is 11.8 Å². The van der Waals surface area contributed by atoms with Gasteiger partial charge in [0.05, 0.1) is 5.52 Å². The maximum Gasteiger partial charge on any atom is 0.244 e. The van der Waals surface area contributed by atoms with Crippen molar-refractivity contribution in [2.24, 2.45) is 16.6 Å². The van der Waals surface area contributed by atoms with E-state index in [1.807, 2.05) is 30.3 Å². The summed E-state index contributed by atoms with van der Waals surface area (Å²) in [6, 6.07) is 16.2. The van der Waals surface area contributed by atoms with Gasteiger partial charge in [0.2, 0.25) is 5.91 Å². The molecule has 0 atom stereocenters. The van der Waals surface area contributed by atoms with Gasteiger partial charge in [-0.25, -0.2) is 4.98 Å². The Hall–Kier alpha value is -3.51. The molecule has 2 aromatic carbocycles. The van der Waals surface area contributed by atoms with Crippen LogP contribution in [0.1, 0.15) is 70.4 Å². The number of pyridine rings is 1. The van der Waals surface area contributed by atoms with Crippen LogP contribution in [0, 0.1) is 12.8 Å². The molecule has 6 nitrogen and oxygen atoms in total. The number of para-hydroxylation sites is 1. The minimum absolute atomic E-state index is 0.150. The Balaban J connectivity index is 1.98. The second kappa shape index (κ2) is 15.0. The Morgan fingerprint density at radius 1 is 1.03 bits per heavy atom. The molecule has 1 aromatic heterocycles. The highest BCUT2D eigenvalue weighted by Gasteiger charge is 2.18. The highest BCUT2D eigenvalue weighted by Crippen LogP contribution is 2.36. The molecule has 3 aromatic rings. The summed E-state index contributed by atoms with van der Waals surface area (Å²) in [5.41, 5.74) is 11.6. The Bertz CT molecular complexity index is 1240. The molecule has 1 amide bonds. The van der Waals surface area contributed by atoms with Crippen molar-refractivity contribution < 1.29 is 4.79 Å². The first-order valence-electron chi connectivity index (χ1n) is 14.0. The first-order chi connectivity index (χ1) is 18.5. The molecule has 0 fully saturated rings. The van der Waals surface area contributed by atoms with Crippen LogP contribution in [0.5, 0.6) is 0 Å². The van der Waals surface area contributed by atoms with Gasteiger partial charge in [-0.3, -0.25) is 9.79 Å². The van der Waals surface area contributed by atoms with E-state index in [9.17, 15) is 4.79 Å². The first kappa shape index (κ1) is 29.1. The number of hydrogen-bond donors (Lipinski definition) is 3. The van der Waals surface area contributed by atoms with Crippen LogP contribution in [-0.4, -0.2) is 29.7 Å². The number of aromatic nitrogens is 1. The van der Waals surface area contributed by atoms with E-state index in [2.05, 4.69) is 56.5 Å². The standard InChI is InChI=1S/C32H43N5O/c1-5-10-25(11-6-2)28(12-7-3)36-31-23(4)27-13-8-9-14-29(27)37-32(31)35-26-18-15-24(16-19-26)17-20-30(38)34-22-21-33/h8-9,13-20,25H,5-7,10-12,21-22,33H2,1-4H3,(H,34,38)(H,35,37)/b20-17+,36-28?. The second-order valence-electron chi connectivity index (χ2n) is 9.74. The number of fused-ring (bicyclic) bond motifs is 1. The van der Waals surface area contributed by atoms with Gasteiger partial charge in [0.1, 0.15) is 5.69 Å². The Morgan fingerprint density at radius 3 is 2.39 bits per heavy atom. The van der Waals surface area contributed by atoms with Gasteiger partial charge in [0, 0.05) is 36.0 Å². The SMILES string of the molecule is CCCC(=Nc1c(Nc2ccc(/C=C/C(=O)NCCN)cc2)nc2ccccc2c1C)C(CCC)CCC. The number of benzene rings is 2. The highest BCUT2D eigenvalue weighted by molar-refractivity contribution is 5.96. The predicted octanol–water partition coefficient (Wildman–Crippen LogP) is 7.46. The lowest BCUT2D eigenvalue weighted by molar-refractivity contribution is -0.116. The van der Waals surface area contributed by atoms with Gasteiger partial charge in [-0.15, -0.1) is 0 Å². The van der Waals surface area contributed by atoms with Crippen LogP contribution in [0.15, 0.2) is 59.6 Å². The number of carbonyl (C=O) groups excluding carboxylic acids is 1. The van der Waals surface area contributed by atoms with E-state index in [0.717, 1.165) is 77.7 Å². The van der Waals surface area contributed by atoms with E-state index < -0.39 is 0 Å². The highest BCUT2D eigenvalue weighted by atomic mass is 16.1. The van der Waals surface area contributed by atoms with Gasteiger partial charge in [-0.05, 0) is 67.5 Å². The van der Waals surface area contributed by atoms with Crippen LogP contribution in [0.25, 0.3) is 17.0 Å². The molecule has 0 radical (unpaired) electrons. The number of nitrogens with one attached hydrogen (secondary N) is 2. The zero-order chi connectivity index (χ0) is 27.3. The Kier molecular flexibility index (Phi) is 11.5. The molecule has 0 aliphatic rings. The fourth-order valence-electron chi connectivity index (χ4n) is 4.76. The third kappa shape index (κ3) is 7.99. The molecule has 38 heavy (non-hydrogen) atoms. The summed E-state index contributed by atoms with van der Waals surface area (Å²) in [7, 11) is 0. The van der Waals surface area contributed by atoms with Crippen LogP contribution in [0.3, 0.4) is 0 Å². The number of rotatable bonds is 14. The van der Waals surface area contributed by atoms with E-state index >= 15 is 0 Å². The van der Waals surface area contributed by atoms with Gasteiger partial charge in [-0.1, -0.05) is 70.4 Å². The number of aliphatic imine (C=N–C) groups is 1. The molecule has 6 heteroatoms. The third-order valence-electron chi connectivity index (χ3n) is 6.67. The van der Waals surface area contributed by atoms with Crippen LogP contribution in [-0.2, 0) is 4.79 Å². The summed E-state index contributed by atoms with van der Waals surface area (Å²) < 4.78 is 0. The molecule has 0 aliphatic heterocycles. The zero-order valence-electron chi connectivity index (χ0n) is 23.4. The number of carbonyl (C=O) groups is 1. The maximum absolute atomic E-state index is 11.8. The van der Waals surface area contributed by atoms with Crippen molar-refractivity contribution in [1.29, 1.82) is 0 Å². The lowest BCUT2D eigenvalue weighted by Gasteiger charge is -2.20. The second-order valence-corrected chi connectivity index (χ2v) is 9.74. The van der Waals surface area contributed by atoms with Crippen molar-refractivity contribution in [2.45, 2.75) is 66.2 Å². The molecular formula is C32H43N5O. The average Bonchev–Trinajstić information content (AvgIpc) is 2.93. The lowest BCUT2D eigenvalue weighted by atomic mass is 9.90. The molecule has 1 heterocycles. The average molecular weight is 514 g/mol. The summed E-state index contributed by atoms with van der Waals surface area (Å²) in [6.07, 6.45) is 10.0. The van der Waals surface area contributed by atoms with E-state index in [-0.39, 0.29) is 5.91 Å². The number of nitrogens with two attached hydrogens (primary N) is 1. The van der Waals surface area contributed by atoms with Gasteiger partial charge in [0.15, 0.2) is 5.82 Å². The van der Waals surface area contributed by atoms with E-state index in [1.54, 1.807) is 6.08 Å². The normalized spacial score (nSPS) is 12.0. The number of anilines is 2. The predicted molar refractivity (Wildman–Crippen MR) is 163 cm³/mol. The lowest BCUT2D eigenvalue weighted by Crippen LogP contribution is -2.27. The van der Waals surface area contributed by atoms with Crippen LogP contribution >= 0.6 is 0 Å². The van der Waals surface area contributed by atoms with Crippen molar-refractivity contribution in [1.82, 2.24) is 10.3 Å². The summed E-state index contributed by atoms with van der Waals surface area (Å²) in [4.78, 5) is 22.2. The molecule has 0 unspecified atom stereocenters. The summed E-state index contributed by atoms with van der Waals surface area (Å²) in [5, 5.41) is 7.41. The fourth-order valence-corrected chi connectivity index (χ4v) is 4.76. The van der Waals surface area contributed by atoms with Crippen LogP contribution < -0.4 is 16.4 Å². The van der Waals surface area contributed by atoms with Crippen molar-refractivity contribution in [2.75, 3.05) is 18.4 Å². The van der Waals surface area contributed by atoms with Crippen molar-refractivity contribution in [3.05, 3.63) is 65.7 Å². The molecule has 0 saturated carbocycles. The maximum atomic E-state index is 11.8. The summed E-state index contributed by atoms with van der Waals surface area (Å²) in [6.45, 7) is 9.78. The molecular weight excluding hydrogens is 470 g/mol. The summed E-state index contributed by atoms with van der Waals surface area (Å²) in [5.74, 6) is 1.12. The van der Waals surface area contributed by atoms with E-state index in [0.29, 0.717) is 19.0 Å². The molecule has 0 aliphatic carbocycles. The van der Waals surface area contributed by atoms with Crippen molar-refractivity contribution in [3.63, 3.8) is 0 Å². The molecule has 202 valence electrons. The largest absolute Gasteiger partial charge is 0.351 e. The molecule has 0 spiro atoms. The molecule has 0 saturated heterocycles. The molecule has 3 rings (SSSR count). The Morgan fingerprint density at radius 2 is 1.74 bits per heavy atom. The topological polar surface area (TPSA) is 92.4 Å². The number of hydrogen-bond acceptors (Lipinski definition) is 5. The van der Waals surface area contributed by atoms with Crippen LogP contribution in [0.2, 0.25) is 0 Å².